The van der Waals surface area contributed by atoms with Gasteiger partial charge in [0.05, 0.1) is 31.2 Å². The summed E-state index contributed by atoms with van der Waals surface area (Å²) >= 11 is 0. The third-order valence-corrected chi connectivity index (χ3v) is 7.13. The lowest BCUT2D eigenvalue weighted by Crippen LogP contribution is -2.31. The predicted octanol–water partition coefficient (Wildman–Crippen LogP) is 4.91. The second-order valence-corrected chi connectivity index (χ2v) is 10.1. The van der Waals surface area contributed by atoms with Gasteiger partial charge in [-0.3, -0.25) is 9.59 Å². The molecule has 0 radical (unpaired) electrons. The number of aliphatic hydroxyl groups excluding tert-OH is 1. The Kier molecular flexibility index (Phi) is 8.09. The van der Waals surface area contributed by atoms with Crippen LogP contribution in [0.15, 0.2) is 60.7 Å². The summed E-state index contributed by atoms with van der Waals surface area (Å²) in [5, 5.41) is 11.5. The summed E-state index contributed by atoms with van der Waals surface area (Å²) in [5.74, 6) is 0.342. The van der Waals surface area contributed by atoms with Crippen LogP contribution in [0.25, 0.3) is 5.76 Å². The van der Waals surface area contributed by atoms with E-state index in [-0.39, 0.29) is 17.4 Å². The third-order valence-electron chi connectivity index (χ3n) is 7.13. The number of hydrogen-bond acceptors (Lipinski definition) is 7. The highest BCUT2D eigenvalue weighted by molar-refractivity contribution is 6.46. The Morgan fingerprint density at radius 2 is 1.95 bits per heavy atom. The molecule has 0 unspecified atom stereocenters. The molecule has 1 fully saturated rings. The van der Waals surface area contributed by atoms with Crippen LogP contribution in [0, 0.1) is 0 Å². The van der Waals surface area contributed by atoms with E-state index < -0.39 is 17.7 Å². The van der Waals surface area contributed by atoms with Gasteiger partial charge in [-0.2, -0.15) is 0 Å². The van der Waals surface area contributed by atoms with Crippen molar-refractivity contribution in [3.8, 4) is 17.2 Å². The molecule has 0 saturated carbocycles. The van der Waals surface area contributed by atoms with Crippen molar-refractivity contribution in [2.75, 3.05) is 19.8 Å². The van der Waals surface area contributed by atoms with Crippen molar-refractivity contribution in [2.24, 2.45) is 0 Å². The maximum Gasteiger partial charge on any atom is 0.295 e. The Bertz CT molecular complexity index is 1410. The van der Waals surface area contributed by atoms with Crippen molar-refractivity contribution in [1.82, 2.24) is 14.5 Å². The van der Waals surface area contributed by atoms with Gasteiger partial charge in [0.1, 0.15) is 17.6 Å². The standard InChI is InChI=1S/C31H35N3O6/c1-4-15-39-25-10-7-21(18-26(25)38-5-2)28-27(29(35)22-8-9-24-23(17-22)16-20(3)40-24)30(36)31(37)34(28)13-6-12-33-14-11-32-19-33/h7-11,14,17-20,28,35H,4-6,12-13,15-16H2,1-3H3/t20-,28+/m0/s1. The van der Waals surface area contributed by atoms with Gasteiger partial charge in [0.15, 0.2) is 11.5 Å². The maximum atomic E-state index is 13.5. The lowest BCUT2D eigenvalue weighted by molar-refractivity contribution is -0.139. The second kappa shape index (κ2) is 11.9. The van der Waals surface area contributed by atoms with E-state index in [2.05, 4.69) is 4.98 Å². The van der Waals surface area contributed by atoms with E-state index in [4.69, 9.17) is 14.2 Å². The molecule has 0 spiro atoms. The summed E-state index contributed by atoms with van der Waals surface area (Å²) in [6.45, 7) is 7.80. The monoisotopic (exact) mass is 545 g/mol. The lowest BCUT2D eigenvalue weighted by atomic mass is 9.94. The van der Waals surface area contributed by atoms with Crippen molar-refractivity contribution in [2.45, 2.75) is 58.7 Å². The van der Waals surface area contributed by atoms with E-state index >= 15 is 0 Å². The average molecular weight is 546 g/mol. The maximum absolute atomic E-state index is 13.5. The number of amides is 1. The largest absolute Gasteiger partial charge is 0.507 e. The summed E-state index contributed by atoms with van der Waals surface area (Å²) in [6, 6.07) is 10.0. The first-order valence-electron chi connectivity index (χ1n) is 13.8. The minimum atomic E-state index is -0.786. The van der Waals surface area contributed by atoms with Gasteiger partial charge >= 0.3 is 0 Å². The molecule has 2 aromatic carbocycles. The van der Waals surface area contributed by atoms with Gasteiger partial charge in [-0.1, -0.05) is 13.0 Å². The first-order chi connectivity index (χ1) is 19.4. The van der Waals surface area contributed by atoms with E-state index in [9.17, 15) is 14.7 Å². The van der Waals surface area contributed by atoms with E-state index in [0.717, 1.165) is 17.7 Å². The molecule has 40 heavy (non-hydrogen) atoms. The van der Waals surface area contributed by atoms with Gasteiger partial charge in [-0.15, -0.1) is 0 Å². The molecule has 9 nitrogen and oxygen atoms in total. The molecule has 5 rings (SSSR count). The van der Waals surface area contributed by atoms with Crippen LogP contribution in [0.2, 0.25) is 0 Å². The topological polar surface area (TPSA) is 103 Å². The number of ether oxygens (including phenoxy) is 3. The highest BCUT2D eigenvalue weighted by Crippen LogP contribution is 2.43. The fourth-order valence-corrected chi connectivity index (χ4v) is 5.32. The fourth-order valence-electron chi connectivity index (χ4n) is 5.32. The number of aromatic nitrogens is 2. The van der Waals surface area contributed by atoms with Crippen molar-refractivity contribution in [3.63, 3.8) is 0 Å². The van der Waals surface area contributed by atoms with Crippen molar-refractivity contribution in [1.29, 1.82) is 0 Å². The highest BCUT2D eigenvalue weighted by atomic mass is 16.5. The Morgan fingerprint density at radius 1 is 1.10 bits per heavy atom. The number of likely N-dealkylation sites (tertiary alicyclic amines) is 1. The Labute approximate surface area is 234 Å². The smallest absolute Gasteiger partial charge is 0.295 e. The predicted molar refractivity (Wildman–Crippen MR) is 149 cm³/mol. The van der Waals surface area contributed by atoms with Crippen LogP contribution in [0.3, 0.4) is 0 Å². The van der Waals surface area contributed by atoms with E-state index in [1.807, 2.05) is 43.7 Å². The molecule has 2 aliphatic heterocycles. The number of rotatable bonds is 11. The summed E-state index contributed by atoms with van der Waals surface area (Å²) in [5.41, 5.74) is 2.16. The Hall–Kier alpha value is -4.27. The van der Waals surface area contributed by atoms with Gasteiger partial charge in [0.2, 0.25) is 0 Å². The second-order valence-electron chi connectivity index (χ2n) is 10.1. The molecule has 1 amide bonds. The van der Waals surface area contributed by atoms with Crippen molar-refractivity contribution in [3.05, 3.63) is 77.4 Å². The number of imidazole rings is 1. The number of nitrogens with zero attached hydrogens (tertiary/aromatic N) is 3. The fraction of sp³-hybridized carbons (Fsp3) is 0.387. The number of fused-ring (bicyclic) bond motifs is 1. The number of carbonyl (C=O) groups excluding carboxylic acids is 2. The summed E-state index contributed by atoms with van der Waals surface area (Å²) < 4.78 is 19.5. The number of benzene rings is 2. The van der Waals surface area contributed by atoms with Crippen LogP contribution < -0.4 is 14.2 Å². The molecule has 3 aromatic rings. The van der Waals surface area contributed by atoms with Gasteiger partial charge in [-0.05, 0) is 68.1 Å². The molecule has 1 N–H and O–H groups in total. The first-order valence-corrected chi connectivity index (χ1v) is 13.8. The molecule has 3 heterocycles. The minimum Gasteiger partial charge on any atom is -0.507 e. The van der Waals surface area contributed by atoms with Gasteiger partial charge < -0.3 is 28.8 Å². The molecule has 9 heteroatoms. The van der Waals surface area contributed by atoms with Crippen LogP contribution in [0.1, 0.15) is 56.3 Å². The number of hydrogen-bond donors (Lipinski definition) is 1. The quantitative estimate of drug-likeness (QED) is 0.208. The van der Waals surface area contributed by atoms with Crippen molar-refractivity contribution < 1.29 is 28.9 Å². The molecule has 0 bridgehead atoms. The zero-order valence-electron chi connectivity index (χ0n) is 23.1. The average Bonchev–Trinajstić information content (AvgIpc) is 3.66. The number of carbonyl (C=O) groups is 2. The van der Waals surface area contributed by atoms with E-state index in [1.165, 1.54) is 0 Å². The van der Waals surface area contributed by atoms with Crippen LogP contribution in [-0.4, -0.2) is 57.1 Å². The molecular formula is C31H35N3O6. The number of ketones is 1. The van der Waals surface area contributed by atoms with Crippen LogP contribution in [0.5, 0.6) is 17.2 Å². The third kappa shape index (κ3) is 5.41. The molecule has 0 aliphatic carbocycles. The molecular weight excluding hydrogens is 510 g/mol. The van der Waals surface area contributed by atoms with Gasteiger partial charge in [-0.25, -0.2) is 4.98 Å². The zero-order chi connectivity index (χ0) is 28.2. The molecule has 1 saturated heterocycles. The molecule has 2 atom stereocenters. The molecule has 1 aromatic heterocycles. The number of aryl methyl sites for hydroxylation is 1. The Morgan fingerprint density at radius 3 is 2.70 bits per heavy atom. The summed E-state index contributed by atoms with van der Waals surface area (Å²) in [6.07, 6.45) is 7.46. The van der Waals surface area contributed by atoms with Gasteiger partial charge in [0.25, 0.3) is 11.7 Å². The molecule has 210 valence electrons. The Balaban J connectivity index is 1.56. The number of Topliss-reactive ketones (excluding diaryl/α,β-unsaturated/α-hetero) is 1. The summed E-state index contributed by atoms with van der Waals surface area (Å²) in [7, 11) is 0. The molecule has 2 aliphatic rings. The highest BCUT2D eigenvalue weighted by Gasteiger charge is 2.46. The lowest BCUT2D eigenvalue weighted by Gasteiger charge is -2.26. The van der Waals surface area contributed by atoms with Gasteiger partial charge in [0, 0.05) is 37.5 Å². The minimum absolute atomic E-state index is 0.0406. The van der Waals surface area contributed by atoms with Crippen LogP contribution in [0.4, 0.5) is 0 Å². The van der Waals surface area contributed by atoms with Crippen LogP contribution in [-0.2, 0) is 22.6 Å². The van der Waals surface area contributed by atoms with Crippen molar-refractivity contribution >= 4 is 17.4 Å². The SMILES string of the molecule is CCCOc1ccc([C@@H]2C(=C(O)c3ccc4c(c3)C[C@H](C)O4)C(=O)C(=O)N2CCCn2ccnc2)cc1OCC. The summed E-state index contributed by atoms with van der Waals surface area (Å²) in [4.78, 5) is 32.5. The van der Waals surface area contributed by atoms with E-state index in [0.29, 0.717) is 61.8 Å². The normalized spacial score (nSPS) is 19.5. The van der Waals surface area contributed by atoms with Crippen LogP contribution >= 0.6 is 0 Å². The number of aliphatic hydroxyl groups is 1. The zero-order valence-corrected chi connectivity index (χ0v) is 23.1. The first kappa shape index (κ1) is 27.3. The van der Waals surface area contributed by atoms with E-state index in [1.54, 1.807) is 41.7 Å².